The predicted molar refractivity (Wildman–Crippen MR) is 99.1 cm³/mol. The van der Waals surface area contributed by atoms with Crippen molar-refractivity contribution in [2.75, 3.05) is 18.5 Å². The lowest BCUT2D eigenvalue weighted by molar-refractivity contribution is 0.357. The summed E-state index contributed by atoms with van der Waals surface area (Å²) < 4.78 is 5.50. The number of aliphatic imine (C=N–C) groups is 1. The van der Waals surface area contributed by atoms with E-state index in [4.69, 9.17) is 10.5 Å². The molecule has 116 valence electrons. The van der Waals surface area contributed by atoms with Gasteiger partial charge in [-0.25, -0.2) is 4.98 Å². The van der Waals surface area contributed by atoms with Crippen molar-refractivity contribution >= 4 is 35.8 Å². The highest BCUT2D eigenvalue weighted by Crippen LogP contribution is 2.25. The van der Waals surface area contributed by atoms with Crippen molar-refractivity contribution in [3.05, 3.63) is 53.7 Å². The van der Waals surface area contributed by atoms with Gasteiger partial charge in [0.15, 0.2) is 5.96 Å². The highest BCUT2D eigenvalue weighted by Gasteiger charge is 2.11. The van der Waals surface area contributed by atoms with Crippen LogP contribution in [-0.2, 0) is 12.8 Å². The minimum Gasteiger partial charge on any atom is -0.493 e. The molecule has 1 aliphatic heterocycles. The van der Waals surface area contributed by atoms with Gasteiger partial charge in [-0.2, -0.15) is 0 Å². The molecule has 3 N–H and O–H groups in total. The molecule has 0 saturated heterocycles. The zero-order valence-electron chi connectivity index (χ0n) is 12.2. The summed E-state index contributed by atoms with van der Waals surface area (Å²) in [7, 11) is 0. The van der Waals surface area contributed by atoms with Gasteiger partial charge in [0.25, 0.3) is 0 Å². The van der Waals surface area contributed by atoms with E-state index in [0.29, 0.717) is 18.3 Å². The van der Waals surface area contributed by atoms with Gasteiger partial charge in [-0.15, -0.1) is 24.0 Å². The van der Waals surface area contributed by atoms with Gasteiger partial charge in [0.1, 0.15) is 11.6 Å². The Morgan fingerprint density at radius 2 is 2.23 bits per heavy atom. The Kier molecular flexibility index (Phi) is 6.00. The summed E-state index contributed by atoms with van der Waals surface area (Å²) in [6.45, 7) is 1.43. The van der Waals surface area contributed by atoms with Crippen LogP contribution < -0.4 is 15.8 Å². The first-order valence-electron chi connectivity index (χ1n) is 7.04. The first-order valence-corrected chi connectivity index (χ1v) is 7.04. The highest BCUT2D eigenvalue weighted by atomic mass is 127. The van der Waals surface area contributed by atoms with Crippen LogP contribution in [0.25, 0.3) is 0 Å². The molecule has 1 aromatic heterocycles. The average molecular weight is 410 g/mol. The maximum atomic E-state index is 5.84. The van der Waals surface area contributed by atoms with Crippen molar-refractivity contribution in [3.8, 4) is 5.75 Å². The molecule has 0 spiro atoms. The first kappa shape index (κ1) is 16.5. The number of pyridine rings is 1. The second kappa shape index (κ2) is 7.98. The number of nitrogens with two attached hydrogens (primary N) is 1. The maximum Gasteiger partial charge on any atom is 0.194 e. The van der Waals surface area contributed by atoms with Crippen molar-refractivity contribution in [3.63, 3.8) is 0 Å². The maximum absolute atomic E-state index is 5.84. The number of aromatic nitrogens is 1. The summed E-state index contributed by atoms with van der Waals surface area (Å²) in [4.78, 5) is 8.46. The summed E-state index contributed by atoms with van der Waals surface area (Å²) >= 11 is 0. The third kappa shape index (κ3) is 4.33. The van der Waals surface area contributed by atoms with E-state index < -0.39 is 0 Å². The van der Waals surface area contributed by atoms with Gasteiger partial charge in [-0.05, 0) is 35.7 Å². The molecular weight excluding hydrogens is 391 g/mol. The molecule has 6 heteroatoms. The SMILES string of the molecule is I.NC(=NCCc1ccc2c(c1)CCO2)Nc1ccccn1. The second-order valence-electron chi connectivity index (χ2n) is 4.90. The Morgan fingerprint density at radius 3 is 3.05 bits per heavy atom. The summed E-state index contributed by atoms with van der Waals surface area (Å²) in [5, 5.41) is 2.97. The first-order chi connectivity index (χ1) is 10.3. The second-order valence-corrected chi connectivity index (χ2v) is 4.90. The number of hydrogen-bond donors (Lipinski definition) is 2. The van der Waals surface area contributed by atoms with Crippen molar-refractivity contribution < 1.29 is 4.74 Å². The van der Waals surface area contributed by atoms with Crippen molar-refractivity contribution in [2.45, 2.75) is 12.8 Å². The van der Waals surface area contributed by atoms with E-state index in [2.05, 4.69) is 27.4 Å². The van der Waals surface area contributed by atoms with Gasteiger partial charge in [0.2, 0.25) is 0 Å². The Bertz CT molecular complexity index is 646. The molecule has 0 unspecified atom stereocenters. The van der Waals surface area contributed by atoms with Gasteiger partial charge < -0.3 is 15.8 Å². The fraction of sp³-hybridized carbons (Fsp3) is 0.250. The van der Waals surface area contributed by atoms with E-state index in [0.717, 1.165) is 25.2 Å². The van der Waals surface area contributed by atoms with Gasteiger partial charge in [-0.1, -0.05) is 18.2 Å². The zero-order chi connectivity index (χ0) is 14.5. The lowest BCUT2D eigenvalue weighted by atomic mass is 10.1. The van der Waals surface area contributed by atoms with Crippen LogP contribution in [0.15, 0.2) is 47.6 Å². The van der Waals surface area contributed by atoms with Crippen LogP contribution in [0.2, 0.25) is 0 Å². The Hall–Kier alpha value is -1.83. The largest absolute Gasteiger partial charge is 0.493 e. The number of nitrogens with zero attached hydrogens (tertiary/aromatic N) is 2. The van der Waals surface area contributed by atoms with Crippen LogP contribution in [0.1, 0.15) is 11.1 Å². The third-order valence-corrected chi connectivity index (χ3v) is 3.36. The van der Waals surface area contributed by atoms with Crippen LogP contribution >= 0.6 is 24.0 Å². The molecular formula is C16H19IN4O. The molecule has 0 fully saturated rings. The summed E-state index contributed by atoms with van der Waals surface area (Å²) in [6, 6.07) is 11.9. The number of nitrogens with one attached hydrogen (secondary N) is 1. The quantitative estimate of drug-likeness (QED) is 0.462. The molecule has 0 aliphatic carbocycles. The van der Waals surface area contributed by atoms with E-state index in [-0.39, 0.29) is 24.0 Å². The van der Waals surface area contributed by atoms with Crippen LogP contribution in [0.4, 0.5) is 5.82 Å². The molecule has 0 bridgehead atoms. The number of hydrogen-bond acceptors (Lipinski definition) is 3. The van der Waals surface area contributed by atoms with Crippen LogP contribution in [-0.4, -0.2) is 24.1 Å². The standard InChI is InChI=1S/C16H18N4O.HI/c17-16(20-15-3-1-2-8-18-15)19-9-6-12-4-5-14-13(11-12)7-10-21-14;/h1-5,8,11H,6-7,9-10H2,(H3,17,18,19,20);1H. The molecule has 3 rings (SSSR count). The molecule has 0 amide bonds. The third-order valence-electron chi connectivity index (χ3n) is 3.36. The van der Waals surface area contributed by atoms with Crippen LogP contribution in [0.3, 0.4) is 0 Å². The number of anilines is 1. The summed E-state index contributed by atoms with van der Waals surface area (Å²) in [5.41, 5.74) is 8.38. The minimum atomic E-state index is 0. The molecule has 22 heavy (non-hydrogen) atoms. The van der Waals surface area contributed by atoms with Crippen molar-refractivity contribution in [1.29, 1.82) is 0 Å². The lowest BCUT2D eigenvalue weighted by Crippen LogP contribution is -2.23. The van der Waals surface area contributed by atoms with Crippen molar-refractivity contribution in [1.82, 2.24) is 4.98 Å². The van der Waals surface area contributed by atoms with Crippen molar-refractivity contribution in [2.24, 2.45) is 10.7 Å². The van der Waals surface area contributed by atoms with Gasteiger partial charge in [0, 0.05) is 19.2 Å². The smallest absolute Gasteiger partial charge is 0.194 e. The predicted octanol–water partition coefficient (Wildman–Crippen LogP) is 2.60. The highest BCUT2D eigenvalue weighted by molar-refractivity contribution is 14.0. The number of halogens is 1. The Morgan fingerprint density at radius 1 is 1.32 bits per heavy atom. The molecule has 2 aromatic rings. The lowest BCUT2D eigenvalue weighted by Gasteiger charge is -2.05. The number of benzene rings is 1. The normalized spacial score (nSPS) is 13.0. The molecule has 0 atom stereocenters. The van der Waals surface area contributed by atoms with Gasteiger partial charge >= 0.3 is 0 Å². The van der Waals surface area contributed by atoms with Gasteiger partial charge in [0.05, 0.1) is 6.61 Å². The average Bonchev–Trinajstić information content (AvgIpc) is 2.96. The van der Waals surface area contributed by atoms with E-state index >= 15 is 0 Å². The van der Waals surface area contributed by atoms with E-state index in [1.54, 1.807) is 6.20 Å². The van der Waals surface area contributed by atoms with E-state index in [9.17, 15) is 0 Å². The molecule has 1 aromatic carbocycles. The molecule has 5 nitrogen and oxygen atoms in total. The van der Waals surface area contributed by atoms with E-state index in [1.807, 2.05) is 24.3 Å². The van der Waals surface area contributed by atoms with Gasteiger partial charge in [-0.3, -0.25) is 4.99 Å². The monoisotopic (exact) mass is 410 g/mol. The number of fused-ring (bicyclic) bond motifs is 1. The Balaban J connectivity index is 0.00000176. The minimum absolute atomic E-state index is 0. The Labute approximate surface area is 147 Å². The number of ether oxygens (including phenoxy) is 1. The molecule has 0 saturated carbocycles. The molecule has 1 aliphatic rings. The fourth-order valence-corrected chi connectivity index (χ4v) is 2.31. The van der Waals surface area contributed by atoms with E-state index in [1.165, 1.54) is 11.1 Å². The summed E-state index contributed by atoms with van der Waals surface area (Å²) in [6.07, 6.45) is 3.57. The summed E-state index contributed by atoms with van der Waals surface area (Å²) in [5.74, 6) is 2.10. The van der Waals surface area contributed by atoms with Crippen LogP contribution in [0.5, 0.6) is 5.75 Å². The van der Waals surface area contributed by atoms with Crippen LogP contribution in [0, 0.1) is 0 Å². The fourth-order valence-electron chi connectivity index (χ4n) is 2.31. The number of rotatable bonds is 4. The number of guanidine groups is 1. The topological polar surface area (TPSA) is 72.5 Å². The zero-order valence-corrected chi connectivity index (χ0v) is 14.5. The molecule has 0 radical (unpaired) electrons. The molecule has 2 heterocycles.